The van der Waals surface area contributed by atoms with Crippen molar-refractivity contribution in [2.75, 3.05) is 4.90 Å². The van der Waals surface area contributed by atoms with E-state index in [1.165, 1.54) is 111 Å². The lowest BCUT2D eigenvalue weighted by Crippen LogP contribution is -2.48. The van der Waals surface area contributed by atoms with Crippen molar-refractivity contribution in [2.24, 2.45) is 17.8 Å². The average Bonchev–Trinajstić information content (AvgIpc) is 3.77. The molecule has 63 heavy (non-hydrogen) atoms. The summed E-state index contributed by atoms with van der Waals surface area (Å²) in [7, 11) is 0. The molecule has 9 aromatic rings. The maximum Gasteiger partial charge on any atom is 0.0542 e. The number of rotatable bonds is 7. The third kappa shape index (κ3) is 5.83. The van der Waals surface area contributed by atoms with E-state index in [1.807, 2.05) is 0 Å². The van der Waals surface area contributed by atoms with Crippen LogP contribution in [-0.4, -0.2) is 4.57 Å². The lowest BCUT2D eigenvalue weighted by Gasteiger charge is -2.57. The largest absolute Gasteiger partial charge is 0.310 e. The molecule has 4 fully saturated rings. The van der Waals surface area contributed by atoms with Crippen LogP contribution in [0.3, 0.4) is 0 Å². The second kappa shape index (κ2) is 13.9. The molecule has 1 heterocycles. The number of hydrogen-bond acceptors (Lipinski definition) is 1. The quantitative estimate of drug-likeness (QED) is 0.156. The van der Waals surface area contributed by atoms with Crippen LogP contribution in [0.5, 0.6) is 0 Å². The number of benzene rings is 8. The summed E-state index contributed by atoms with van der Waals surface area (Å²) in [5.41, 5.74) is 19.4. The highest BCUT2D eigenvalue weighted by atomic mass is 15.1. The van der Waals surface area contributed by atoms with Gasteiger partial charge in [0, 0.05) is 38.9 Å². The Morgan fingerprint density at radius 2 is 0.937 bits per heavy atom. The van der Waals surface area contributed by atoms with Crippen molar-refractivity contribution in [2.45, 2.75) is 63.2 Å². The minimum atomic E-state index is -0.104. The predicted octanol–water partition coefficient (Wildman–Crippen LogP) is 16.4. The number of hydrogen-bond donors (Lipinski definition) is 0. The summed E-state index contributed by atoms with van der Waals surface area (Å²) in [6.07, 6.45) is 8.72. The van der Waals surface area contributed by atoms with Crippen LogP contribution in [0.15, 0.2) is 188 Å². The highest BCUT2D eigenvalue weighted by molar-refractivity contribution is 6.10. The number of para-hydroxylation sites is 2. The van der Waals surface area contributed by atoms with E-state index in [0.717, 1.165) is 34.8 Å². The van der Waals surface area contributed by atoms with E-state index in [4.69, 9.17) is 0 Å². The van der Waals surface area contributed by atoms with E-state index in [2.05, 4.69) is 211 Å². The fourth-order valence-electron chi connectivity index (χ4n) is 13.4. The summed E-state index contributed by atoms with van der Waals surface area (Å²) in [4.78, 5) is 2.45. The average molecular weight is 813 g/mol. The molecule has 1 aromatic heterocycles. The molecule has 4 bridgehead atoms. The smallest absolute Gasteiger partial charge is 0.0542 e. The van der Waals surface area contributed by atoms with Crippen molar-refractivity contribution in [1.29, 1.82) is 0 Å². The fourth-order valence-corrected chi connectivity index (χ4v) is 13.4. The summed E-state index contributed by atoms with van der Waals surface area (Å²) in [6, 6.07) is 70.7. The number of aromatic nitrogens is 1. The molecule has 0 spiro atoms. The Morgan fingerprint density at radius 3 is 1.62 bits per heavy atom. The van der Waals surface area contributed by atoms with Crippen LogP contribution >= 0.6 is 0 Å². The van der Waals surface area contributed by atoms with Gasteiger partial charge in [0.25, 0.3) is 0 Å². The van der Waals surface area contributed by atoms with Gasteiger partial charge in [-0.25, -0.2) is 0 Å². The fraction of sp³-hybridized carbons (Fsp3) is 0.213. The van der Waals surface area contributed by atoms with Gasteiger partial charge in [0.15, 0.2) is 0 Å². The lowest BCUT2D eigenvalue weighted by atomic mass is 9.48. The molecule has 2 nitrogen and oxygen atoms in total. The monoisotopic (exact) mass is 812 g/mol. The molecule has 0 aliphatic heterocycles. The van der Waals surface area contributed by atoms with Gasteiger partial charge in [0.2, 0.25) is 0 Å². The highest BCUT2D eigenvalue weighted by Crippen LogP contribution is 2.61. The molecule has 2 heteroatoms. The zero-order valence-corrected chi connectivity index (χ0v) is 36.3. The molecule has 4 saturated carbocycles. The van der Waals surface area contributed by atoms with E-state index >= 15 is 0 Å². The Kier molecular flexibility index (Phi) is 8.17. The Labute approximate surface area is 371 Å². The van der Waals surface area contributed by atoms with Gasteiger partial charge in [-0.1, -0.05) is 141 Å². The molecule has 5 aliphatic carbocycles. The molecule has 0 radical (unpaired) electrons. The standard InChI is InChI=1S/C61H52N2/c1-60(2)56-14-8-6-12-52(56)53-30-28-51(36-57(53)60)62(50-29-31-59-55(35-50)54-13-7-9-15-58(54)63(59)48-10-4-3-5-11-48)49-26-22-46(23-27-49)44-18-16-43(17-19-44)45-20-24-47(25-21-45)61-37-40-32-41(38-61)34-42(33-40)39-61/h3-31,35-36,40-42H,32-34,37-39H2,1-2H3. The predicted molar refractivity (Wildman–Crippen MR) is 264 cm³/mol. The molecule has 0 saturated heterocycles. The maximum atomic E-state index is 2.47. The first-order valence-corrected chi connectivity index (χ1v) is 23.3. The molecule has 14 rings (SSSR count). The van der Waals surface area contributed by atoms with Crippen LogP contribution in [-0.2, 0) is 10.8 Å². The van der Waals surface area contributed by atoms with Crippen LogP contribution < -0.4 is 4.90 Å². The van der Waals surface area contributed by atoms with Crippen LogP contribution in [0.4, 0.5) is 17.1 Å². The molecule has 8 aromatic carbocycles. The number of nitrogens with zero attached hydrogens (tertiary/aromatic N) is 2. The van der Waals surface area contributed by atoms with Crippen LogP contribution in [0.1, 0.15) is 69.1 Å². The van der Waals surface area contributed by atoms with Gasteiger partial charge in [0.05, 0.1) is 11.0 Å². The third-order valence-corrected chi connectivity index (χ3v) is 16.0. The summed E-state index contributed by atoms with van der Waals surface area (Å²) in [5.74, 6) is 2.90. The third-order valence-electron chi connectivity index (χ3n) is 16.0. The second-order valence-corrected chi connectivity index (χ2v) is 20.0. The van der Waals surface area contributed by atoms with E-state index in [-0.39, 0.29) is 5.41 Å². The van der Waals surface area contributed by atoms with Gasteiger partial charge < -0.3 is 9.47 Å². The van der Waals surface area contributed by atoms with E-state index in [0.29, 0.717) is 5.41 Å². The van der Waals surface area contributed by atoms with Gasteiger partial charge in [-0.15, -0.1) is 0 Å². The van der Waals surface area contributed by atoms with Crippen molar-refractivity contribution in [3.8, 4) is 39.1 Å². The summed E-state index contributed by atoms with van der Waals surface area (Å²) in [6.45, 7) is 4.74. The van der Waals surface area contributed by atoms with Crippen molar-refractivity contribution < 1.29 is 0 Å². The van der Waals surface area contributed by atoms with E-state index in [9.17, 15) is 0 Å². The SMILES string of the molecule is CC1(C)c2ccccc2-c2ccc(N(c3ccc(-c4ccc(-c5ccc(C67CC8CC(CC(C8)C6)C7)cc5)cc4)cc3)c3ccc4c(c3)c3ccccc3n4-c3ccccc3)cc21. The van der Waals surface area contributed by atoms with Crippen molar-refractivity contribution in [3.63, 3.8) is 0 Å². The Hall–Kier alpha value is -6.64. The summed E-state index contributed by atoms with van der Waals surface area (Å²) < 4.78 is 2.40. The Bertz CT molecular complexity index is 3170. The topological polar surface area (TPSA) is 8.17 Å². The van der Waals surface area contributed by atoms with E-state index < -0.39 is 0 Å². The summed E-state index contributed by atoms with van der Waals surface area (Å²) >= 11 is 0. The normalized spacial score (nSPS) is 21.5. The molecule has 5 aliphatic rings. The minimum Gasteiger partial charge on any atom is -0.310 e. The molecular formula is C61H52N2. The zero-order chi connectivity index (χ0) is 41.9. The molecule has 0 N–H and O–H groups in total. The molecule has 0 atom stereocenters. The van der Waals surface area contributed by atoms with Crippen LogP contribution in [0, 0.1) is 17.8 Å². The van der Waals surface area contributed by atoms with Gasteiger partial charge in [-0.3, -0.25) is 0 Å². The number of fused-ring (bicyclic) bond motifs is 6. The second-order valence-electron chi connectivity index (χ2n) is 20.0. The van der Waals surface area contributed by atoms with Gasteiger partial charge >= 0.3 is 0 Å². The molecule has 0 unspecified atom stereocenters. The first-order valence-electron chi connectivity index (χ1n) is 23.3. The highest BCUT2D eigenvalue weighted by Gasteiger charge is 2.51. The van der Waals surface area contributed by atoms with Gasteiger partial charge in [0.1, 0.15) is 0 Å². The van der Waals surface area contributed by atoms with Crippen molar-refractivity contribution in [3.05, 3.63) is 205 Å². The zero-order valence-electron chi connectivity index (χ0n) is 36.3. The maximum absolute atomic E-state index is 2.47. The van der Waals surface area contributed by atoms with Gasteiger partial charge in [-0.05, 0) is 172 Å². The minimum absolute atomic E-state index is 0.104. The first-order chi connectivity index (χ1) is 30.9. The van der Waals surface area contributed by atoms with Gasteiger partial charge in [-0.2, -0.15) is 0 Å². The van der Waals surface area contributed by atoms with Crippen molar-refractivity contribution >= 4 is 38.9 Å². The van der Waals surface area contributed by atoms with Crippen molar-refractivity contribution in [1.82, 2.24) is 4.57 Å². The number of anilines is 3. The Morgan fingerprint density at radius 1 is 0.429 bits per heavy atom. The van der Waals surface area contributed by atoms with Crippen LogP contribution in [0.25, 0.3) is 60.9 Å². The van der Waals surface area contributed by atoms with E-state index in [1.54, 1.807) is 5.56 Å². The Balaban J connectivity index is 0.858. The first kappa shape index (κ1) is 37.0. The molecular weight excluding hydrogens is 761 g/mol. The molecule has 0 amide bonds. The molecule has 306 valence electrons. The van der Waals surface area contributed by atoms with Crippen LogP contribution in [0.2, 0.25) is 0 Å². The lowest BCUT2D eigenvalue weighted by molar-refractivity contribution is -0.00518. The summed E-state index contributed by atoms with van der Waals surface area (Å²) in [5, 5.41) is 2.49.